The number of hydrogen-bond acceptors (Lipinski definition) is 3. The number of allylic oxidation sites excluding steroid dienone is 1. The second-order valence-electron chi connectivity index (χ2n) is 6.23. The van der Waals surface area contributed by atoms with E-state index in [0.717, 1.165) is 5.56 Å². The fourth-order valence-corrected chi connectivity index (χ4v) is 2.29. The maximum atomic E-state index is 13.0. The number of benzene rings is 2. The van der Waals surface area contributed by atoms with E-state index in [0.29, 0.717) is 0 Å². The predicted octanol–water partition coefficient (Wildman–Crippen LogP) is 3.40. The van der Waals surface area contributed by atoms with E-state index in [4.69, 9.17) is 0 Å². The van der Waals surface area contributed by atoms with Crippen molar-refractivity contribution in [2.24, 2.45) is 11.0 Å². The maximum Gasteiger partial charge on any atom is 0.262 e. The molecule has 0 spiro atoms. The molecular weight excluding hydrogens is 345 g/mol. The third kappa shape index (κ3) is 6.51. The first kappa shape index (κ1) is 20.0. The number of nitrogens with zero attached hydrogens (tertiary/aromatic N) is 1. The Morgan fingerprint density at radius 3 is 2.33 bits per heavy atom. The summed E-state index contributed by atoms with van der Waals surface area (Å²) in [4.78, 5) is 24.6. The van der Waals surface area contributed by atoms with Gasteiger partial charge in [0.15, 0.2) is 0 Å². The van der Waals surface area contributed by atoms with E-state index in [-0.39, 0.29) is 11.5 Å². The van der Waals surface area contributed by atoms with E-state index in [9.17, 15) is 14.0 Å². The van der Waals surface area contributed by atoms with Gasteiger partial charge in [-0.05, 0) is 41.8 Å². The fraction of sp³-hybridized carbons (Fsp3) is 0.190. The largest absolute Gasteiger partial charge is 0.340 e. The van der Waals surface area contributed by atoms with Gasteiger partial charge in [-0.15, -0.1) is 0 Å². The molecule has 0 fully saturated rings. The zero-order valence-corrected chi connectivity index (χ0v) is 15.2. The molecule has 2 N–H and O–H groups in total. The fourth-order valence-electron chi connectivity index (χ4n) is 2.29. The van der Waals surface area contributed by atoms with Crippen LogP contribution in [0.1, 0.15) is 29.8 Å². The van der Waals surface area contributed by atoms with Crippen LogP contribution < -0.4 is 10.7 Å². The van der Waals surface area contributed by atoms with Crippen molar-refractivity contribution in [3.8, 4) is 0 Å². The second-order valence-corrected chi connectivity index (χ2v) is 6.23. The Morgan fingerprint density at radius 2 is 1.70 bits per heavy atom. The highest BCUT2D eigenvalue weighted by Gasteiger charge is 2.24. The van der Waals surface area contributed by atoms with Crippen LogP contribution in [-0.2, 0) is 4.79 Å². The van der Waals surface area contributed by atoms with Crippen molar-refractivity contribution >= 4 is 24.1 Å². The number of nitrogens with one attached hydrogen (secondary N) is 2. The van der Waals surface area contributed by atoms with E-state index < -0.39 is 23.7 Å². The summed E-state index contributed by atoms with van der Waals surface area (Å²) in [6.07, 6.45) is 5.02. The molecule has 0 radical (unpaired) electrons. The van der Waals surface area contributed by atoms with Gasteiger partial charge in [-0.25, -0.2) is 9.82 Å². The lowest BCUT2D eigenvalue weighted by molar-refractivity contribution is -0.123. The van der Waals surface area contributed by atoms with Crippen LogP contribution in [0, 0.1) is 11.7 Å². The molecule has 2 aromatic carbocycles. The minimum absolute atomic E-state index is 0.149. The van der Waals surface area contributed by atoms with Crippen LogP contribution in [-0.4, -0.2) is 24.1 Å². The Hall–Kier alpha value is -3.28. The third-order valence-electron chi connectivity index (χ3n) is 3.77. The first-order valence-corrected chi connectivity index (χ1v) is 8.58. The van der Waals surface area contributed by atoms with Gasteiger partial charge >= 0.3 is 0 Å². The zero-order chi connectivity index (χ0) is 19.6. The molecule has 1 atom stereocenters. The van der Waals surface area contributed by atoms with Gasteiger partial charge in [0, 0.05) is 11.8 Å². The molecule has 5 nitrogen and oxygen atoms in total. The van der Waals surface area contributed by atoms with Crippen molar-refractivity contribution in [3.05, 3.63) is 77.6 Å². The SMILES string of the molecule is CC(C)C(NC(=O)c1ccc(F)cc1)C(=O)N/N=C/C=C/c1ccccc1. The maximum absolute atomic E-state index is 13.0. The van der Waals surface area contributed by atoms with Gasteiger partial charge in [0.1, 0.15) is 11.9 Å². The zero-order valence-electron chi connectivity index (χ0n) is 15.2. The molecule has 0 aromatic heterocycles. The smallest absolute Gasteiger partial charge is 0.262 e. The summed E-state index contributed by atoms with van der Waals surface area (Å²) in [5, 5.41) is 6.52. The van der Waals surface area contributed by atoms with E-state index >= 15 is 0 Å². The Bertz CT molecular complexity index is 815. The molecule has 0 aliphatic heterocycles. The summed E-state index contributed by atoms with van der Waals surface area (Å²) in [5.41, 5.74) is 3.72. The Balaban J connectivity index is 1.92. The molecule has 140 valence electrons. The number of halogens is 1. The van der Waals surface area contributed by atoms with Crippen LogP contribution in [0.15, 0.2) is 65.8 Å². The molecule has 2 amide bonds. The van der Waals surface area contributed by atoms with E-state index in [1.54, 1.807) is 6.08 Å². The topological polar surface area (TPSA) is 70.6 Å². The number of amides is 2. The number of carbonyl (C=O) groups is 2. The van der Waals surface area contributed by atoms with Gasteiger partial charge in [-0.2, -0.15) is 5.10 Å². The first-order chi connectivity index (χ1) is 13.0. The van der Waals surface area contributed by atoms with E-state index in [1.807, 2.05) is 50.3 Å². The van der Waals surface area contributed by atoms with Crippen molar-refractivity contribution in [2.75, 3.05) is 0 Å². The summed E-state index contributed by atoms with van der Waals surface area (Å²) in [6.45, 7) is 3.63. The van der Waals surface area contributed by atoms with Crippen molar-refractivity contribution in [3.63, 3.8) is 0 Å². The van der Waals surface area contributed by atoms with Crippen molar-refractivity contribution in [1.29, 1.82) is 0 Å². The van der Waals surface area contributed by atoms with Crippen LogP contribution in [0.4, 0.5) is 4.39 Å². The van der Waals surface area contributed by atoms with Gasteiger partial charge in [0.25, 0.3) is 11.8 Å². The number of hydrogen-bond donors (Lipinski definition) is 2. The quantitative estimate of drug-likeness (QED) is 0.582. The summed E-state index contributed by atoms with van der Waals surface area (Å²) in [7, 11) is 0. The van der Waals surface area contributed by atoms with Crippen LogP contribution in [0.2, 0.25) is 0 Å². The van der Waals surface area contributed by atoms with Gasteiger partial charge in [0.2, 0.25) is 0 Å². The van der Waals surface area contributed by atoms with Gasteiger partial charge in [-0.1, -0.05) is 50.3 Å². The molecule has 0 bridgehead atoms. The van der Waals surface area contributed by atoms with Gasteiger partial charge < -0.3 is 5.32 Å². The van der Waals surface area contributed by atoms with Gasteiger partial charge in [0.05, 0.1) is 0 Å². The second kappa shape index (κ2) is 10.0. The number of hydrazone groups is 1. The average molecular weight is 367 g/mol. The minimum atomic E-state index is -0.766. The highest BCUT2D eigenvalue weighted by atomic mass is 19.1. The molecule has 2 rings (SSSR count). The van der Waals surface area contributed by atoms with Crippen molar-refractivity contribution in [2.45, 2.75) is 19.9 Å². The highest BCUT2D eigenvalue weighted by molar-refractivity contribution is 5.97. The molecular formula is C21H22FN3O2. The number of rotatable bonds is 7. The molecule has 6 heteroatoms. The lowest BCUT2D eigenvalue weighted by Gasteiger charge is -2.20. The molecule has 0 heterocycles. The van der Waals surface area contributed by atoms with E-state index in [1.165, 1.54) is 30.5 Å². The summed E-state index contributed by atoms with van der Waals surface area (Å²) in [5.74, 6) is -1.45. The third-order valence-corrected chi connectivity index (χ3v) is 3.77. The standard InChI is InChI=1S/C21H22FN3O2/c1-15(2)19(24-20(26)17-10-12-18(22)13-11-17)21(27)25-23-14-6-9-16-7-4-3-5-8-16/h3-15,19H,1-2H3,(H,24,26)(H,25,27)/b9-6+,23-14+. The first-order valence-electron chi connectivity index (χ1n) is 8.58. The molecule has 27 heavy (non-hydrogen) atoms. The molecule has 0 aliphatic rings. The molecule has 1 unspecified atom stereocenters. The Kier molecular flexibility index (Phi) is 7.43. The van der Waals surface area contributed by atoms with Gasteiger partial charge in [-0.3, -0.25) is 9.59 Å². The summed E-state index contributed by atoms with van der Waals surface area (Å²) >= 11 is 0. The molecule has 0 saturated carbocycles. The summed E-state index contributed by atoms with van der Waals surface area (Å²) < 4.78 is 13.0. The summed E-state index contributed by atoms with van der Waals surface area (Å²) in [6, 6.07) is 14.0. The van der Waals surface area contributed by atoms with Crippen LogP contribution in [0.25, 0.3) is 6.08 Å². The van der Waals surface area contributed by atoms with E-state index in [2.05, 4.69) is 15.8 Å². The predicted molar refractivity (Wildman–Crippen MR) is 105 cm³/mol. The normalized spacial score (nSPS) is 12.4. The lowest BCUT2D eigenvalue weighted by atomic mass is 10.0. The molecule has 0 saturated heterocycles. The highest BCUT2D eigenvalue weighted by Crippen LogP contribution is 2.07. The Morgan fingerprint density at radius 1 is 1.04 bits per heavy atom. The van der Waals surface area contributed by atoms with Crippen molar-refractivity contribution in [1.82, 2.24) is 10.7 Å². The van der Waals surface area contributed by atoms with Crippen LogP contribution in [0.5, 0.6) is 0 Å². The number of carbonyl (C=O) groups excluding carboxylic acids is 2. The average Bonchev–Trinajstić information content (AvgIpc) is 2.66. The molecule has 0 aliphatic carbocycles. The monoisotopic (exact) mass is 367 g/mol. The van der Waals surface area contributed by atoms with Crippen LogP contribution >= 0.6 is 0 Å². The van der Waals surface area contributed by atoms with Crippen LogP contribution in [0.3, 0.4) is 0 Å². The Labute approximate surface area is 158 Å². The minimum Gasteiger partial charge on any atom is -0.340 e. The molecule has 2 aromatic rings. The lowest BCUT2D eigenvalue weighted by Crippen LogP contribution is -2.48. The van der Waals surface area contributed by atoms with Crippen molar-refractivity contribution < 1.29 is 14.0 Å².